The Bertz CT molecular complexity index is 1040. The van der Waals surface area contributed by atoms with E-state index in [1.165, 1.54) is 6.08 Å². The number of carbonyl (C=O) groups excluding carboxylic acids is 1. The Labute approximate surface area is 180 Å². The van der Waals surface area contributed by atoms with E-state index in [0.29, 0.717) is 37.8 Å². The molecule has 2 heterocycles. The third-order valence-corrected chi connectivity index (χ3v) is 4.51. The van der Waals surface area contributed by atoms with Gasteiger partial charge in [0.25, 0.3) is 0 Å². The number of fused-ring (bicyclic) bond motifs is 3. The van der Waals surface area contributed by atoms with Crippen molar-refractivity contribution >= 4 is 28.6 Å². The number of nitrogens with one attached hydrogen (secondary N) is 2. The molecule has 0 aliphatic rings. The SMILES string of the molecule is C=CCOC(=O)NCCCCNc1nc2cc(OCCOC)ccc2n2c(C)nnc12. The molecule has 0 radical (unpaired) electrons. The summed E-state index contributed by atoms with van der Waals surface area (Å²) in [5.74, 6) is 2.16. The molecule has 3 rings (SSSR count). The molecule has 1 aromatic carbocycles. The number of carbonyl (C=O) groups is 1. The van der Waals surface area contributed by atoms with Crippen LogP contribution >= 0.6 is 0 Å². The Kier molecular flexibility index (Phi) is 7.99. The number of hydrogen-bond donors (Lipinski definition) is 2. The minimum absolute atomic E-state index is 0.202. The summed E-state index contributed by atoms with van der Waals surface area (Å²) in [7, 11) is 1.64. The molecule has 2 aromatic heterocycles. The number of ether oxygens (including phenoxy) is 3. The summed E-state index contributed by atoms with van der Waals surface area (Å²) in [5, 5.41) is 14.5. The van der Waals surface area contributed by atoms with E-state index < -0.39 is 6.09 Å². The number of amides is 1. The van der Waals surface area contributed by atoms with Crippen LogP contribution < -0.4 is 15.4 Å². The van der Waals surface area contributed by atoms with Gasteiger partial charge < -0.3 is 24.8 Å². The third-order valence-electron chi connectivity index (χ3n) is 4.51. The number of rotatable bonds is 12. The van der Waals surface area contributed by atoms with Gasteiger partial charge in [-0.25, -0.2) is 9.78 Å². The number of aryl methyl sites for hydroxylation is 1. The van der Waals surface area contributed by atoms with Gasteiger partial charge in [0.15, 0.2) is 5.82 Å². The molecule has 0 unspecified atom stereocenters. The highest BCUT2D eigenvalue weighted by Gasteiger charge is 2.13. The summed E-state index contributed by atoms with van der Waals surface area (Å²) in [6.07, 6.45) is 2.72. The smallest absolute Gasteiger partial charge is 0.407 e. The van der Waals surface area contributed by atoms with Crippen molar-refractivity contribution in [3.05, 3.63) is 36.7 Å². The monoisotopic (exact) mass is 428 g/mol. The van der Waals surface area contributed by atoms with Crippen molar-refractivity contribution in [1.82, 2.24) is 24.9 Å². The molecule has 0 aliphatic carbocycles. The van der Waals surface area contributed by atoms with E-state index in [4.69, 9.17) is 19.2 Å². The van der Waals surface area contributed by atoms with E-state index in [0.717, 1.165) is 35.4 Å². The van der Waals surface area contributed by atoms with Crippen molar-refractivity contribution in [2.75, 3.05) is 45.3 Å². The quantitative estimate of drug-likeness (QED) is 0.335. The summed E-state index contributed by atoms with van der Waals surface area (Å²) in [4.78, 5) is 16.1. The average molecular weight is 428 g/mol. The minimum Gasteiger partial charge on any atom is -0.491 e. The first-order valence-corrected chi connectivity index (χ1v) is 10.2. The van der Waals surface area contributed by atoms with Crippen molar-refractivity contribution < 1.29 is 19.0 Å². The van der Waals surface area contributed by atoms with E-state index in [1.807, 2.05) is 29.5 Å². The molecule has 3 aromatic rings. The standard InChI is InChI=1S/C21H28N6O4/c1-4-11-31-21(28)23-10-6-5-9-22-19-20-26-25-15(2)27(20)18-8-7-16(14-17(18)24-19)30-13-12-29-3/h4,7-8,14H,1,5-6,9-13H2,2-3H3,(H,22,24)(H,23,28). The predicted molar refractivity (Wildman–Crippen MR) is 118 cm³/mol. The lowest BCUT2D eigenvalue weighted by Crippen LogP contribution is -2.25. The lowest BCUT2D eigenvalue weighted by molar-refractivity contribution is 0.146. The lowest BCUT2D eigenvalue weighted by Gasteiger charge is -2.11. The van der Waals surface area contributed by atoms with Gasteiger partial charge in [0, 0.05) is 26.3 Å². The summed E-state index contributed by atoms with van der Waals surface area (Å²) in [6.45, 7) is 7.80. The Balaban J connectivity index is 1.65. The molecule has 10 heteroatoms. The third kappa shape index (κ3) is 5.82. The molecule has 1 amide bonds. The van der Waals surface area contributed by atoms with Crippen LogP contribution in [0.2, 0.25) is 0 Å². The van der Waals surface area contributed by atoms with Crippen LogP contribution in [-0.4, -0.2) is 65.7 Å². The Morgan fingerprint density at radius 3 is 2.87 bits per heavy atom. The van der Waals surface area contributed by atoms with Crippen LogP contribution in [0.3, 0.4) is 0 Å². The maximum absolute atomic E-state index is 11.4. The van der Waals surface area contributed by atoms with Gasteiger partial charge in [-0.15, -0.1) is 10.2 Å². The molecule has 0 bridgehead atoms. The number of anilines is 1. The van der Waals surface area contributed by atoms with Crippen molar-refractivity contribution in [2.24, 2.45) is 0 Å². The van der Waals surface area contributed by atoms with Crippen molar-refractivity contribution in [2.45, 2.75) is 19.8 Å². The van der Waals surface area contributed by atoms with Crippen LogP contribution in [0.4, 0.5) is 10.6 Å². The predicted octanol–water partition coefficient (Wildman–Crippen LogP) is 2.72. The molecular formula is C21H28N6O4. The molecule has 0 spiro atoms. The number of hydrogen-bond acceptors (Lipinski definition) is 8. The first-order valence-electron chi connectivity index (χ1n) is 10.2. The Morgan fingerprint density at radius 2 is 2.06 bits per heavy atom. The van der Waals surface area contributed by atoms with E-state index in [-0.39, 0.29) is 6.61 Å². The summed E-state index contributed by atoms with van der Waals surface area (Å²) >= 11 is 0. The number of nitrogens with zero attached hydrogens (tertiary/aromatic N) is 4. The van der Waals surface area contributed by atoms with Gasteiger partial charge in [-0.1, -0.05) is 12.7 Å². The number of aromatic nitrogens is 4. The fourth-order valence-corrected chi connectivity index (χ4v) is 3.04. The highest BCUT2D eigenvalue weighted by molar-refractivity contribution is 5.84. The van der Waals surface area contributed by atoms with Crippen molar-refractivity contribution in [1.29, 1.82) is 0 Å². The molecule has 0 saturated carbocycles. The fourth-order valence-electron chi connectivity index (χ4n) is 3.04. The van der Waals surface area contributed by atoms with Crippen LogP contribution in [0.1, 0.15) is 18.7 Å². The van der Waals surface area contributed by atoms with Gasteiger partial charge in [-0.05, 0) is 31.9 Å². The molecule has 2 N–H and O–H groups in total. The molecule has 166 valence electrons. The van der Waals surface area contributed by atoms with Crippen LogP contribution in [0.5, 0.6) is 5.75 Å². The van der Waals surface area contributed by atoms with Crippen molar-refractivity contribution in [3.8, 4) is 5.75 Å². The second-order valence-electron chi connectivity index (χ2n) is 6.81. The molecule has 0 fully saturated rings. The van der Waals surface area contributed by atoms with E-state index in [1.54, 1.807) is 7.11 Å². The van der Waals surface area contributed by atoms with Gasteiger partial charge >= 0.3 is 6.09 Å². The van der Waals surface area contributed by atoms with Gasteiger partial charge in [0.2, 0.25) is 5.65 Å². The molecular weight excluding hydrogens is 400 g/mol. The summed E-state index contributed by atoms with van der Waals surface area (Å²) in [6, 6.07) is 5.75. The van der Waals surface area contributed by atoms with Gasteiger partial charge in [0.05, 0.1) is 17.6 Å². The Hall–Kier alpha value is -3.40. The normalized spacial score (nSPS) is 10.9. The number of alkyl carbamates (subject to hydrolysis) is 1. The van der Waals surface area contributed by atoms with Crippen LogP contribution in [0, 0.1) is 6.92 Å². The first-order chi connectivity index (χ1) is 15.1. The van der Waals surface area contributed by atoms with E-state index in [9.17, 15) is 4.79 Å². The second-order valence-corrected chi connectivity index (χ2v) is 6.81. The van der Waals surface area contributed by atoms with E-state index in [2.05, 4.69) is 27.4 Å². The molecule has 0 atom stereocenters. The maximum Gasteiger partial charge on any atom is 0.407 e. The van der Waals surface area contributed by atoms with Crippen molar-refractivity contribution in [3.63, 3.8) is 0 Å². The fraction of sp³-hybridized carbons (Fsp3) is 0.429. The van der Waals surface area contributed by atoms with Gasteiger partial charge in [0.1, 0.15) is 24.8 Å². The van der Waals surface area contributed by atoms with E-state index >= 15 is 0 Å². The maximum atomic E-state index is 11.4. The largest absolute Gasteiger partial charge is 0.491 e. The lowest BCUT2D eigenvalue weighted by atomic mass is 10.2. The van der Waals surface area contributed by atoms with Gasteiger partial charge in [-0.3, -0.25) is 4.40 Å². The van der Waals surface area contributed by atoms with Crippen LogP contribution in [0.15, 0.2) is 30.9 Å². The summed E-state index contributed by atoms with van der Waals surface area (Å²) < 4.78 is 17.6. The highest BCUT2D eigenvalue weighted by atomic mass is 16.5. The second kappa shape index (κ2) is 11.1. The zero-order valence-corrected chi connectivity index (χ0v) is 17.9. The van der Waals surface area contributed by atoms with Gasteiger partial charge in [-0.2, -0.15) is 0 Å². The first kappa shape index (κ1) is 22.3. The molecule has 31 heavy (non-hydrogen) atoms. The number of benzene rings is 1. The topological polar surface area (TPSA) is 112 Å². The number of unbranched alkanes of at least 4 members (excludes halogenated alkanes) is 1. The highest BCUT2D eigenvalue weighted by Crippen LogP contribution is 2.25. The summed E-state index contributed by atoms with van der Waals surface area (Å²) in [5.41, 5.74) is 2.35. The minimum atomic E-state index is -0.437. The molecule has 0 saturated heterocycles. The average Bonchev–Trinajstić information content (AvgIpc) is 3.16. The Morgan fingerprint density at radius 1 is 1.23 bits per heavy atom. The zero-order valence-electron chi connectivity index (χ0n) is 17.9. The zero-order chi connectivity index (χ0) is 22.1. The van der Waals surface area contributed by atoms with Crippen LogP contribution in [0.25, 0.3) is 16.7 Å². The molecule has 10 nitrogen and oxygen atoms in total. The van der Waals surface area contributed by atoms with Crippen LogP contribution in [-0.2, 0) is 9.47 Å². The molecule has 0 aliphatic heterocycles. The number of methoxy groups -OCH3 is 1.